The van der Waals surface area contributed by atoms with Crippen LogP contribution in [0.15, 0.2) is 65.8 Å². The lowest BCUT2D eigenvalue weighted by Crippen LogP contribution is -2.23. The smallest absolute Gasteiger partial charge is 0.254 e. The molecule has 7 heteroatoms. The molecule has 0 bridgehead atoms. The Morgan fingerprint density at radius 1 is 1.04 bits per heavy atom. The number of carbonyl (C=O) groups is 1. The van der Waals surface area contributed by atoms with Gasteiger partial charge >= 0.3 is 0 Å². The van der Waals surface area contributed by atoms with E-state index in [-0.39, 0.29) is 11.4 Å². The number of fused-ring (bicyclic) bond motifs is 1. The summed E-state index contributed by atoms with van der Waals surface area (Å²) in [6.45, 7) is 1.78. The Bertz CT molecular complexity index is 1260. The minimum Gasteiger partial charge on any atom is -0.365 e. The van der Waals surface area contributed by atoms with E-state index in [0.29, 0.717) is 22.4 Å². The zero-order chi connectivity index (χ0) is 19.8. The molecule has 0 aliphatic carbocycles. The van der Waals surface area contributed by atoms with Crippen LogP contribution in [0.5, 0.6) is 0 Å². The second-order valence-electron chi connectivity index (χ2n) is 6.33. The van der Waals surface area contributed by atoms with Gasteiger partial charge in [0.2, 0.25) is 5.43 Å². The Hall–Kier alpha value is -3.87. The molecule has 2 heterocycles. The SMILES string of the molecule is Cc1ncc(-c2ccc3c(c2)c(=O)c(C(N)=O)cn3-c2ccc(F)cc2)cn1. The van der Waals surface area contributed by atoms with Crippen molar-refractivity contribution in [3.05, 3.63) is 88.5 Å². The van der Waals surface area contributed by atoms with Gasteiger partial charge in [-0.2, -0.15) is 0 Å². The molecule has 6 nitrogen and oxygen atoms in total. The van der Waals surface area contributed by atoms with Gasteiger partial charge in [0, 0.05) is 35.2 Å². The van der Waals surface area contributed by atoms with Crippen molar-refractivity contribution >= 4 is 16.8 Å². The zero-order valence-corrected chi connectivity index (χ0v) is 14.9. The molecule has 0 spiro atoms. The number of primary amides is 1. The van der Waals surface area contributed by atoms with Gasteiger partial charge in [0.15, 0.2) is 0 Å². The predicted molar refractivity (Wildman–Crippen MR) is 104 cm³/mol. The summed E-state index contributed by atoms with van der Waals surface area (Å²) in [5, 5.41) is 0.318. The molecule has 0 aliphatic heterocycles. The minimum atomic E-state index is -0.827. The monoisotopic (exact) mass is 374 g/mol. The third-order valence-electron chi connectivity index (χ3n) is 4.49. The first-order valence-corrected chi connectivity index (χ1v) is 8.48. The topological polar surface area (TPSA) is 90.9 Å². The highest BCUT2D eigenvalue weighted by atomic mass is 19.1. The number of carbonyl (C=O) groups excluding carboxylic acids is 1. The van der Waals surface area contributed by atoms with E-state index in [1.54, 1.807) is 48.1 Å². The molecular weight excluding hydrogens is 359 g/mol. The second kappa shape index (κ2) is 6.70. The Morgan fingerprint density at radius 2 is 1.71 bits per heavy atom. The number of benzene rings is 2. The first kappa shape index (κ1) is 17.5. The van der Waals surface area contributed by atoms with Crippen molar-refractivity contribution in [2.45, 2.75) is 6.92 Å². The first-order chi connectivity index (χ1) is 13.4. The molecule has 0 aliphatic rings. The Kier molecular flexibility index (Phi) is 4.19. The highest BCUT2D eigenvalue weighted by Gasteiger charge is 2.15. The molecule has 4 aromatic rings. The highest BCUT2D eigenvalue weighted by Crippen LogP contribution is 2.24. The summed E-state index contributed by atoms with van der Waals surface area (Å²) in [6.07, 6.45) is 4.72. The van der Waals surface area contributed by atoms with Crippen LogP contribution in [-0.2, 0) is 0 Å². The Morgan fingerprint density at radius 3 is 2.36 bits per heavy atom. The average molecular weight is 374 g/mol. The second-order valence-corrected chi connectivity index (χ2v) is 6.33. The largest absolute Gasteiger partial charge is 0.365 e. The van der Waals surface area contributed by atoms with Crippen LogP contribution >= 0.6 is 0 Å². The number of aryl methyl sites for hydroxylation is 1. The molecule has 0 fully saturated rings. The van der Waals surface area contributed by atoms with E-state index in [4.69, 9.17) is 5.73 Å². The summed E-state index contributed by atoms with van der Waals surface area (Å²) in [4.78, 5) is 33.0. The zero-order valence-electron chi connectivity index (χ0n) is 14.9. The molecule has 0 saturated heterocycles. The maximum absolute atomic E-state index is 13.3. The van der Waals surface area contributed by atoms with Crippen molar-refractivity contribution < 1.29 is 9.18 Å². The first-order valence-electron chi connectivity index (χ1n) is 8.48. The van der Waals surface area contributed by atoms with Gasteiger partial charge < -0.3 is 10.3 Å². The molecule has 0 atom stereocenters. The Balaban J connectivity index is 2.01. The lowest BCUT2D eigenvalue weighted by Gasteiger charge is -2.14. The van der Waals surface area contributed by atoms with Gasteiger partial charge in [-0.25, -0.2) is 14.4 Å². The average Bonchev–Trinajstić information content (AvgIpc) is 2.69. The number of hydrogen-bond acceptors (Lipinski definition) is 4. The summed E-state index contributed by atoms with van der Waals surface area (Å²) in [5.74, 6) is -0.572. The fourth-order valence-corrected chi connectivity index (χ4v) is 3.04. The van der Waals surface area contributed by atoms with E-state index in [2.05, 4.69) is 9.97 Å². The van der Waals surface area contributed by atoms with Crippen LogP contribution in [0.3, 0.4) is 0 Å². The van der Waals surface area contributed by atoms with Crippen LogP contribution in [0.4, 0.5) is 4.39 Å². The lowest BCUT2D eigenvalue weighted by molar-refractivity contribution is 0.0999. The lowest BCUT2D eigenvalue weighted by atomic mass is 10.0. The number of nitrogens with zero attached hydrogens (tertiary/aromatic N) is 3. The number of rotatable bonds is 3. The number of pyridine rings is 1. The van der Waals surface area contributed by atoms with Gasteiger partial charge in [0.05, 0.1) is 5.52 Å². The summed E-state index contributed by atoms with van der Waals surface area (Å²) >= 11 is 0. The van der Waals surface area contributed by atoms with Gasteiger partial charge in [-0.15, -0.1) is 0 Å². The van der Waals surface area contributed by atoms with Gasteiger partial charge in [0.25, 0.3) is 5.91 Å². The van der Waals surface area contributed by atoms with E-state index in [1.807, 2.05) is 6.07 Å². The third-order valence-corrected chi connectivity index (χ3v) is 4.49. The molecule has 2 aromatic heterocycles. The molecule has 2 aromatic carbocycles. The van der Waals surface area contributed by atoms with Crippen LogP contribution in [0.1, 0.15) is 16.2 Å². The Labute approximate surface area is 159 Å². The fraction of sp³-hybridized carbons (Fsp3) is 0.0476. The van der Waals surface area contributed by atoms with Crippen LogP contribution in [-0.4, -0.2) is 20.4 Å². The molecular formula is C21H15FN4O2. The van der Waals surface area contributed by atoms with E-state index in [9.17, 15) is 14.0 Å². The summed E-state index contributed by atoms with van der Waals surface area (Å²) in [5.41, 5.74) is 7.44. The molecule has 1 amide bonds. The van der Waals surface area contributed by atoms with Gasteiger partial charge in [-0.3, -0.25) is 9.59 Å². The fourth-order valence-electron chi connectivity index (χ4n) is 3.04. The van der Waals surface area contributed by atoms with Crippen LogP contribution in [0.25, 0.3) is 27.7 Å². The molecule has 0 radical (unpaired) electrons. The highest BCUT2D eigenvalue weighted by molar-refractivity contribution is 5.97. The number of aromatic nitrogens is 3. The normalized spacial score (nSPS) is 10.9. The van der Waals surface area contributed by atoms with Crippen molar-refractivity contribution in [1.29, 1.82) is 0 Å². The summed E-state index contributed by atoms with van der Waals surface area (Å²) < 4.78 is 15.0. The van der Waals surface area contributed by atoms with E-state index >= 15 is 0 Å². The number of halogens is 1. The molecule has 4 rings (SSSR count). The van der Waals surface area contributed by atoms with Crippen molar-refractivity contribution in [3.63, 3.8) is 0 Å². The van der Waals surface area contributed by atoms with Crippen LogP contribution < -0.4 is 11.2 Å². The van der Waals surface area contributed by atoms with Crippen molar-refractivity contribution in [1.82, 2.24) is 14.5 Å². The maximum Gasteiger partial charge on any atom is 0.254 e. The molecule has 138 valence electrons. The minimum absolute atomic E-state index is 0.144. The number of hydrogen-bond donors (Lipinski definition) is 1. The van der Waals surface area contributed by atoms with Crippen LogP contribution in [0.2, 0.25) is 0 Å². The summed E-state index contributed by atoms with van der Waals surface area (Å²) in [6, 6.07) is 11.0. The molecule has 28 heavy (non-hydrogen) atoms. The van der Waals surface area contributed by atoms with Gasteiger partial charge in [0.1, 0.15) is 17.2 Å². The summed E-state index contributed by atoms with van der Waals surface area (Å²) in [7, 11) is 0. The maximum atomic E-state index is 13.3. The van der Waals surface area contributed by atoms with Gasteiger partial charge in [-0.1, -0.05) is 6.07 Å². The predicted octanol–water partition coefficient (Wildman–Crippen LogP) is 2.99. The molecule has 2 N–H and O–H groups in total. The van der Waals surface area contributed by atoms with Gasteiger partial charge in [-0.05, 0) is 48.9 Å². The van der Waals surface area contributed by atoms with Crippen LogP contribution in [0, 0.1) is 12.7 Å². The van der Waals surface area contributed by atoms with E-state index in [0.717, 1.165) is 11.1 Å². The molecule has 0 saturated carbocycles. The standard InChI is InChI=1S/C21H15FN4O2/c1-12-24-9-14(10-25-12)13-2-7-19-17(8-13)20(27)18(21(23)28)11-26(19)16-5-3-15(22)4-6-16/h2-11H,1H3,(H2,23,28). The van der Waals surface area contributed by atoms with E-state index < -0.39 is 11.3 Å². The number of nitrogens with two attached hydrogens (primary N) is 1. The van der Waals surface area contributed by atoms with Crippen molar-refractivity contribution in [2.24, 2.45) is 5.73 Å². The van der Waals surface area contributed by atoms with Crippen molar-refractivity contribution in [3.8, 4) is 16.8 Å². The molecule has 0 unspecified atom stereocenters. The third kappa shape index (κ3) is 3.03. The van der Waals surface area contributed by atoms with E-state index in [1.165, 1.54) is 18.3 Å². The quantitative estimate of drug-likeness (QED) is 0.597. The van der Waals surface area contributed by atoms with Crippen molar-refractivity contribution in [2.75, 3.05) is 0 Å². The number of amides is 1.